The van der Waals surface area contributed by atoms with Gasteiger partial charge in [0.1, 0.15) is 0 Å². The highest BCUT2D eigenvalue weighted by Crippen LogP contribution is 2.26. The largest absolute Gasteiger partial charge is 0.212 e. The van der Waals surface area contributed by atoms with Crippen molar-refractivity contribution in [3.8, 4) is 0 Å². The van der Waals surface area contributed by atoms with Crippen molar-refractivity contribution in [3.05, 3.63) is 0 Å². The molecule has 1 fully saturated rings. The van der Waals surface area contributed by atoms with Crippen molar-refractivity contribution < 1.29 is 8.42 Å². The Morgan fingerprint density at radius 1 is 1.36 bits per heavy atom. The number of alkyl halides is 1. The normalized spacial score (nSPS) is 29.0. The van der Waals surface area contributed by atoms with Crippen molar-refractivity contribution in [2.24, 2.45) is 5.92 Å². The van der Waals surface area contributed by atoms with Gasteiger partial charge in [-0.05, 0) is 25.7 Å². The smallest absolute Gasteiger partial charge is 0.211 e. The second-order valence-corrected chi connectivity index (χ2v) is 6.52. The summed E-state index contributed by atoms with van der Waals surface area (Å²) in [6.07, 6.45) is 4.47. The molecule has 0 spiro atoms. The summed E-state index contributed by atoms with van der Waals surface area (Å²) >= 11 is 3.45. The Kier molecular flexibility index (Phi) is 4.87. The van der Waals surface area contributed by atoms with E-state index in [0.29, 0.717) is 5.92 Å². The number of hydrogen-bond donors (Lipinski definition) is 1. The van der Waals surface area contributed by atoms with Crippen LogP contribution in [0.15, 0.2) is 0 Å². The van der Waals surface area contributed by atoms with Crippen LogP contribution in [-0.4, -0.2) is 25.5 Å². The minimum absolute atomic E-state index is 0.146. The third-order valence-corrected chi connectivity index (χ3v) is 5.07. The van der Waals surface area contributed by atoms with E-state index in [1.165, 1.54) is 6.42 Å². The second-order valence-electron chi connectivity index (χ2n) is 3.83. The van der Waals surface area contributed by atoms with Crippen molar-refractivity contribution in [3.63, 3.8) is 0 Å². The predicted molar refractivity (Wildman–Crippen MR) is 62.1 cm³/mol. The molecule has 0 aromatic rings. The molecule has 0 bridgehead atoms. The highest BCUT2D eigenvalue weighted by Gasteiger charge is 2.27. The summed E-state index contributed by atoms with van der Waals surface area (Å²) in [5.74, 6) is 0.642. The van der Waals surface area contributed by atoms with Gasteiger partial charge >= 0.3 is 0 Å². The van der Waals surface area contributed by atoms with Gasteiger partial charge in [-0.15, -0.1) is 0 Å². The Bertz CT molecular complexity index is 266. The van der Waals surface area contributed by atoms with Gasteiger partial charge in [-0.25, -0.2) is 13.1 Å². The van der Waals surface area contributed by atoms with Gasteiger partial charge in [-0.3, -0.25) is 0 Å². The van der Waals surface area contributed by atoms with Gasteiger partial charge in [0.25, 0.3) is 0 Å². The first-order valence-corrected chi connectivity index (χ1v) is 7.92. The summed E-state index contributed by atoms with van der Waals surface area (Å²) in [5.41, 5.74) is 0. The lowest BCUT2D eigenvalue weighted by Gasteiger charge is -2.30. The molecule has 0 amide bonds. The van der Waals surface area contributed by atoms with Crippen LogP contribution < -0.4 is 4.72 Å². The summed E-state index contributed by atoms with van der Waals surface area (Å²) in [4.78, 5) is 0. The molecule has 1 rings (SSSR count). The molecule has 0 saturated heterocycles. The molecule has 1 saturated carbocycles. The van der Waals surface area contributed by atoms with Crippen LogP contribution in [0.4, 0.5) is 0 Å². The molecule has 2 unspecified atom stereocenters. The van der Waals surface area contributed by atoms with Crippen LogP contribution in [0.5, 0.6) is 0 Å². The molecule has 0 aromatic heterocycles. The molecule has 5 heteroatoms. The molecule has 14 heavy (non-hydrogen) atoms. The van der Waals surface area contributed by atoms with Crippen LogP contribution >= 0.6 is 15.9 Å². The first kappa shape index (κ1) is 12.5. The Labute approximate surface area is 94.8 Å². The SMILES string of the molecule is CCS(=O)(=O)NC1CCCCC1CBr. The van der Waals surface area contributed by atoms with Gasteiger partial charge in [-0.2, -0.15) is 0 Å². The molecule has 2 atom stereocenters. The van der Waals surface area contributed by atoms with Crippen molar-refractivity contribution in [1.82, 2.24) is 4.72 Å². The van der Waals surface area contributed by atoms with Crippen molar-refractivity contribution >= 4 is 26.0 Å². The van der Waals surface area contributed by atoms with Gasteiger partial charge in [0.05, 0.1) is 5.75 Å². The van der Waals surface area contributed by atoms with Crippen LogP contribution in [0.1, 0.15) is 32.6 Å². The molecule has 3 nitrogen and oxygen atoms in total. The van der Waals surface area contributed by atoms with Gasteiger partial charge in [0, 0.05) is 11.4 Å². The third kappa shape index (κ3) is 3.51. The second kappa shape index (κ2) is 5.47. The molecule has 0 aromatic carbocycles. The molecule has 0 aliphatic heterocycles. The average molecular weight is 284 g/mol. The zero-order chi connectivity index (χ0) is 10.6. The van der Waals surface area contributed by atoms with Crippen LogP contribution in [0, 0.1) is 5.92 Å². The van der Waals surface area contributed by atoms with Gasteiger partial charge in [0.2, 0.25) is 10.0 Å². The fourth-order valence-corrected chi connectivity index (χ4v) is 3.57. The lowest BCUT2D eigenvalue weighted by molar-refractivity contribution is 0.317. The van der Waals surface area contributed by atoms with Gasteiger partial charge in [-0.1, -0.05) is 28.8 Å². The molecular weight excluding hydrogens is 266 g/mol. The molecular formula is C9H18BrNO2S. The highest BCUT2D eigenvalue weighted by molar-refractivity contribution is 9.09. The number of nitrogens with one attached hydrogen (secondary N) is 1. The van der Waals surface area contributed by atoms with Gasteiger partial charge < -0.3 is 0 Å². The van der Waals surface area contributed by atoms with Gasteiger partial charge in [0.15, 0.2) is 0 Å². The summed E-state index contributed by atoms with van der Waals surface area (Å²) in [7, 11) is -3.03. The minimum atomic E-state index is -3.03. The van der Waals surface area contributed by atoms with Crippen LogP contribution in [0.2, 0.25) is 0 Å². The van der Waals surface area contributed by atoms with Crippen LogP contribution in [0.25, 0.3) is 0 Å². The maximum Gasteiger partial charge on any atom is 0.211 e. The van der Waals surface area contributed by atoms with E-state index in [1.807, 2.05) is 0 Å². The van der Waals surface area contributed by atoms with E-state index >= 15 is 0 Å². The highest BCUT2D eigenvalue weighted by atomic mass is 79.9. The summed E-state index contributed by atoms with van der Waals surface area (Å²) in [6, 6.07) is 0.146. The maximum atomic E-state index is 11.4. The quantitative estimate of drug-likeness (QED) is 0.801. The predicted octanol–water partition coefficient (Wildman–Crippen LogP) is 1.88. The van der Waals surface area contributed by atoms with E-state index in [0.717, 1.165) is 24.6 Å². The molecule has 0 radical (unpaired) electrons. The standard InChI is InChI=1S/C9H18BrNO2S/c1-2-14(12,13)11-9-6-4-3-5-8(9)7-10/h8-9,11H,2-7H2,1H3. The van der Waals surface area contributed by atoms with E-state index in [-0.39, 0.29) is 11.8 Å². The summed E-state index contributed by atoms with van der Waals surface area (Å²) in [6.45, 7) is 1.67. The summed E-state index contributed by atoms with van der Waals surface area (Å²) < 4.78 is 25.6. The average Bonchev–Trinajstić information content (AvgIpc) is 2.18. The number of hydrogen-bond acceptors (Lipinski definition) is 2. The fraction of sp³-hybridized carbons (Fsp3) is 1.00. The Balaban J connectivity index is 2.57. The maximum absolute atomic E-state index is 11.4. The number of rotatable bonds is 4. The minimum Gasteiger partial charge on any atom is -0.212 e. The number of halogens is 1. The van der Waals surface area contributed by atoms with E-state index < -0.39 is 10.0 Å². The first-order valence-electron chi connectivity index (χ1n) is 5.15. The van der Waals surface area contributed by atoms with Crippen LogP contribution in [-0.2, 0) is 10.0 Å². The zero-order valence-corrected chi connectivity index (χ0v) is 10.9. The molecule has 1 aliphatic carbocycles. The first-order chi connectivity index (χ1) is 6.59. The zero-order valence-electron chi connectivity index (χ0n) is 8.50. The molecule has 84 valence electrons. The van der Waals surface area contributed by atoms with Crippen molar-refractivity contribution in [2.45, 2.75) is 38.6 Å². The van der Waals surface area contributed by atoms with Crippen molar-refractivity contribution in [1.29, 1.82) is 0 Å². The van der Waals surface area contributed by atoms with E-state index in [4.69, 9.17) is 0 Å². The Morgan fingerprint density at radius 2 is 2.00 bits per heavy atom. The topological polar surface area (TPSA) is 46.2 Å². The Hall–Kier alpha value is 0.390. The van der Waals surface area contributed by atoms with Crippen LogP contribution in [0.3, 0.4) is 0 Å². The van der Waals surface area contributed by atoms with E-state index in [9.17, 15) is 8.42 Å². The molecule has 1 N–H and O–H groups in total. The lowest BCUT2D eigenvalue weighted by atomic mass is 9.87. The van der Waals surface area contributed by atoms with E-state index in [1.54, 1.807) is 6.92 Å². The summed E-state index contributed by atoms with van der Waals surface area (Å²) in [5, 5.41) is 0.893. The lowest BCUT2D eigenvalue weighted by Crippen LogP contribution is -2.43. The Morgan fingerprint density at radius 3 is 2.57 bits per heavy atom. The molecule has 1 aliphatic rings. The third-order valence-electron chi connectivity index (χ3n) is 2.82. The monoisotopic (exact) mass is 283 g/mol. The molecule has 0 heterocycles. The fourth-order valence-electron chi connectivity index (χ4n) is 1.86. The van der Waals surface area contributed by atoms with Crippen molar-refractivity contribution in [2.75, 3.05) is 11.1 Å². The number of sulfonamides is 1. The van der Waals surface area contributed by atoms with E-state index in [2.05, 4.69) is 20.7 Å².